The van der Waals surface area contributed by atoms with Crippen molar-refractivity contribution < 1.29 is 18.9 Å². The fraction of sp³-hybridized carbons (Fsp3) is 0.294. The lowest BCUT2D eigenvalue weighted by molar-refractivity contribution is 0.0610. The van der Waals surface area contributed by atoms with Crippen molar-refractivity contribution in [2.75, 3.05) is 0 Å². The third-order valence-electron chi connectivity index (χ3n) is 3.85. The molecule has 1 unspecified atom stereocenters. The van der Waals surface area contributed by atoms with Crippen LogP contribution in [0.25, 0.3) is 0 Å². The van der Waals surface area contributed by atoms with Crippen LogP contribution in [0.2, 0.25) is 0 Å². The molecule has 0 spiro atoms. The number of aryl methyl sites for hydroxylation is 1. The van der Waals surface area contributed by atoms with Crippen molar-refractivity contribution in [1.29, 1.82) is 0 Å². The standard InChI is InChI=1S/C17H21O4P/c1-3-14-10-8-9-13-16(14)17(4-2,21-22(18,19)20)15-11-6-5-7-12-15/h5-13H,3-4H2,1-2H3,(H2,18,19,20). The highest BCUT2D eigenvalue weighted by Gasteiger charge is 2.40. The topological polar surface area (TPSA) is 66.8 Å². The Balaban J connectivity index is 2.71. The zero-order valence-electron chi connectivity index (χ0n) is 12.8. The van der Waals surface area contributed by atoms with Crippen molar-refractivity contribution in [3.63, 3.8) is 0 Å². The molecule has 0 saturated carbocycles. The molecule has 0 bridgehead atoms. The summed E-state index contributed by atoms with van der Waals surface area (Å²) in [6.07, 6.45) is 1.18. The zero-order valence-corrected chi connectivity index (χ0v) is 13.7. The van der Waals surface area contributed by atoms with E-state index < -0.39 is 13.4 Å². The van der Waals surface area contributed by atoms with Gasteiger partial charge in [0.1, 0.15) is 5.60 Å². The Bertz CT molecular complexity index is 665. The molecule has 0 fully saturated rings. The number of phosphoric acid groups is 1. The van der Waals surface area contributed by atoms with Gasteiger partial charge in [0, 0.05) is 0 Å². The first-order chi connectivity index (χ1) is 10.4. The Morgan fingerprint density at radius 1 is 1.00 bits per heavy atom. The highest BCUT2D eigenvalue weighted by molar-refractivity contribution is 7.46. The molecule has 2 aromatic carbocycles. The lowest BCUT2D eigenvalue weighted by Gasteiger charge is -2.35. The number of rotatable bonds is 6. The SMILES string of the molecule is CCc1ccccc1C(CC)(OP(=O)(O)O)c1ccccc1. The van der Waals surface area contributed by atoms with Crippen LogP contribution < -0.4 is 0 Å². The van der Waals surface area contributed by atoms with E-state index in [1.165, 1.54) is 0 Å². The van der Waals surface area contributed by atoms with Crippen LogP contribution >= 0.6 is 7.82 Å². The predicted molar refractivity (Wildman–Crippen MR) is 86.5 cm³/mol. The van der Waals surface area contributed by atoms with E-state index in [1.54, 1.807) is 0 Å². The van der Waals surface area contributed by atoms with Crippen LogP contribution in [0.1, 0.15) is 37.0 Å². The smallest absolute Gasteiger partial charge is 0.303 e. The Hall–Kier alpha value is -1.45. The molecule has 2 aromatic rings. The van der Waals surface area contributed by atoms with Crippen LogP contribution in [0.15, 0.2) is 54.6 Å². The van der Waals surface area contributed by atoms with E-state index >= 15 is 0 Å². The van der Waals surface area contributed by atoms with E-state index in [9.17, 15) is 14.4 Å². The minimum absolute atomic E-state index is 0.416. The van der Waals surface area contributed by atoms with Gasteiger partial charge in [-0.3, -0.25) is 4.52 Å². The zero-order chi connectivity index (χ0) is 16.2. The molecule has 0 aromatic heterocycles. The van der Waals surface area contributed by atoms with Gasteiger partial charge in [-0.1, -0.05) is 68.4 Å². The van der Waals surface area contributed by atoms with E-state index in [-0.39, 0.29) is 0 Å². The maximum atomic E-state index is 11.6. The van der Waals surface area contributed by atoms with Crippen molar-refractivity contribution in [2.45, 2.75) is 32.3 Å². The Kier molecular flexibility index (Phi) is 5.20. The van der Waals surface area contributed by atoms with Gasteiger partial charge >= 0.3 is 7.82 Å². The molecule has 118 valence electrons. The van der Waals surface area contributed by atoms with Crippen LogP contribution in [0.4, 0.5) is 0 Å². The number of benzene rings is 2. The highest BCUT2D eigenvalue weighted by Crippen LogP contribution is 2.51. The third kappa shape index (κ3) is 3.47. The number of hydrogen-bond donors (Lipinski definition) is 2. The second-order valence-corrected chi connectivity index (χ2v) is 6.30. The molecule has 5 heteroatoms. The van der Waals surface area contributed by atoms with Gasteiger partial charge in [0.25, 0.3) is 0 Å². The summed E-state index contributed by atoms with van der Waals surface area (Å²) >= 11 is 0. The predicted octanol–water partition coefficient (Wildman–Crippen LogP) is 4.01. The molecule has 0 aliphatic heterocycles. The summed E-state index contributed by atoms with van der Waals surface area (Å²) in [5.74, 6) is 0. The molecule has 0 aliphatic carbocycles. The third-order valence-corrected chi connectivity index (χ3v) is 4.40. The Morgan fingerprint density at radius 3 is 2.14 bits per heavy atom. The van der Waals surface area contributed by atoms with E-state index in [4.69, 9.17) is 4.52 Å². The summed E-state index contributed by atoms with van der Waals surface area (Å²) < 4.78 is 17.0. The van der Waals surface area contributed by atoms with Crippen LogP contribution in [0.3, 0.4) is 0 Å². The first-order valence-electron chi connectivity index (χ1n) is 7.33. The van der Waals surface area contributed by atoms with Crippen LogP contribution in [0, 0.1) is 0 Å². The van der Waals surface area contributed by atoms with Gasteiger partial charge in [-0.2, -0.15) is 0 Å². The summed E-state index contributed by atoms with van der Waals surface area (Å²) in [5.41, 5.74) is 1.39. The van der Waals surface area contributed by atoms with Crippen LogP contribution in [-0.2, 0) is 21.1 Å². The molecule has 0 saturated heterocycles. The average molecular weight is 320 g/mol. The molecular formula is C17H21O4P. The maximum Gasteiger partial charge on any atom is 0.470 e. The summed E-state index contributed by atoms with van der Waals surface area (Å²) in [6, 6.07) is 16.9. The van der Waals surface area contributed by atoms with Crippen LogP contribution in [-0.4, -0.2) is 9.79 Å². The quantitative estimate of drug-likeness (QED) is 0.789. The minimum Gasteiger partial charge on any atom is -0.303 e. The number of phosphoric ester groups is 1. The Morgan fingerprint density at radius 2 is 1.59 bits per heavy atom. The van der Waals surface area contributed by atoms with E-state index in [2.05, 4.69) is 0 Å². The number of hydrogen-bond acceptors (Lipinski definition) is 2. The molecule has 0 heterocycles. The lowest BCUT2D eigenvalue weighted by atomic mass is 9.81. The molecule has 0 aliphatic rings. The maximum absolute atomic E-state index is 11.6. The molecule has 2 rings (SSSR count). The molecule has 4 nitrogen and oxygen atoms in total. The Labute approximate surface area is 131 Å². The summed E-state index contributed by atoms with van der Waals surface area (Å²) in [7, 11) is -4.67. The summed E-state index contributed by atoms with van der Waals surface area (Å²) in [5, 5.41) is 0. The van der Waals surface area contributed by atoms with Crippen LogP contribution in [0.5, 0.6) is 0 Å². The van der Waals surface area contributed by atoms with Crippen molar-refractivity contribution in [1.82, 2.24) is 0 Å². The van der Waals surface area contributed by atoms with Gasteiger partial charge in [-0.25, -0.2) is 4.57 Å². The molecule has 0 radical (unpaired) electrons. The monoisotopic (exact) mass is 320 g/mol. The highest BCUT2D eigenvalue weighted by atomic mass is 31.2. The van der Waals surface area contributed by atoms with E-state index in [0.717, 1.165) is 23.1 Å². The second kappa shape index (κ2) is 6.76. The summed E-state index contributed by atoms with van der Waals surface area (Å²) in [6.45, 7) is 3.89. The van der Waals surface area contributed by atoms with Gasteiger partial charge in [-0.15, -0.1) is 0 Å². The summed E-state index contributed by atoms with van der Waals surface area (Å²) in [4.78, 5) is 18.9. The van der Waals surface area contributed by atoms with E-state index in [0.29, 0.717) is 6.42 Å². The molecular weight excluding hydrogens is 299 g/mol. The second-order valence-electron chi connectivity index (χ2n) is 5.14. The molecule has 22 heavy (non-hydrogen) atoms. The van der Waals surface area contributed by atoms with Crippen molar-refractivity contribution in [3.8, 4) is 0 Å². The van der Waals surface area contributed by atoms with Gasteiger partial charge in [-0.05, 0) is 29.5 Å². The van der Waals surface area contributed by atoms with Crippen molar-refractivity contribution in [3.05, 3.63) is 71.3 Å². The normalized spacial score (nSPS) is 14.5. The first kappa shape index (κ1) is 16.9. The molecule has 1 atom stereocenters. The fourth-order valence-corrected chi connectivity index (χ4v) is 3.59. The largest absolute Gasteiger partial charge is 0.470 e. The molecule has 2 N–H and O–H groups in total. The lowest BCUT2D eigenvalue weighted by Crippen LogP contribution is -2.30. The van der Waals surface area contributed by atoms with Crippen molar-refractivity contribution in [2.24, 2.45) is 0 Å². The average Bonchev–Trinajstić information content (AvgIpc) is 2.52. The van der Waals surface area contributed by atoms with Gasteiger partial charge in [0.15, 0.2) is 0 Å². The van der Waals surface area contributed by atoms with Gasteiger partial charge < -0.3 is 9.79 Å². The fourth-order valence-electron chi connectivity index (χ4n) is 2.85. The van der Waals surface area contributed by atoms with E-state index in [1.807, 2.05) is 68.4 Å². The van der Waals surface area contributed by atoms with Gasteiger partial charge in [0.05, 0.1) is 0 Å². The molecule has 0 amide bonds. The van der Waals surface area contributed by atoms with Gasteiger partial charge in [0.2, 0.25) is 0 Å². The van der Waals surface area contributed by atoms with Crippen molar-refractivity contribution >= 4 is 7.82 Å². The minimum atomic E-state index is -4.67. The first-order valence-corrected chi connectivity index (χ1v) is 8.86.